The summed E-state index contributed by atoms with van der Waals surface area (Å²) >= 11 is 5.97. The van der Waals surface area contributed by atoms with Gasteiger partial charge in [0.15, 0.2) is 0 Å². The molecule has 0 atom stereocenters. The number of rotatable bonds is 1. The summed E-state index contributed by atoms with van der Waals surface area (Å²) < 4.78 is 0. The quantitative estimate of drug-likeness (QED) is 0.673. The van der Waals surface area contributed by atoms with Crippen molar-refractivity contribution in [1.82, 2.24) is 9.97 Å². The minimum Gasteiger partial charge on any atom is -0.346 e. The highest BCUT2D eigenvalue weighted by Gasteiger charge is 2.01. The molecule has 0 radical (unpaired) electrons. The van der Waals surface area contributed by atoms with Crippen LogP contribution in [0.3, 0.4) is 0 Å². The fourth-order valence-electron chi connectivity index (χ4n) is 1.77. The van der Waals surface area contributed by atoms with E-state index in [0.29, 0.717) is 0 Å². The topological polar surface area (TPSA) is 28.7 Å². The molecule has 2 nitrogen and oxygen atoms in total. The number of hydrogen-bond acceptors (Lipinski definition) is 1. The van der Waals surface area contributed by atoms with Gasteiger partial charge >= 0.3 is 0 Å². The molecule has 0 spiro atoms. The van der Waals surface area contributed by atoms with Crippen LogP contribution in [0.15, 0.2) is 48.8 Å². The van der Waals surface area contributed by atoms with Crippen molar-refractivity contribution in [2.45, 2.75) is 0 Å². The number of halogens is 1. The van der Waals surface area contributed by atoms with Crippen molar-refractivity contribution >= 4 is 22.6 Å². The van der Waals surface area contributed by atoms with Crippen LogP contribution in [0.2, 0.25) is 5.02 Å². The number of pyridine rings is 1. The monoisotopic (exact) mass is 228 g/mol. The van der Waals surface area contributed by atoms with Crippen LogP contribution in [0.25, 0.3) is 22.2 Å². The van der Waals surface area contributed by atoms with Crippen LogP contribution in [0.1, 0.15) is 0 Å². The molecule has 0 aliphatic carbocycles. The lowest BCUT2D eigenvalue weighted by molar-refractivity contribution is 1.33. The first kappa shape index (κ1) is 9.43. The van der Waals surface area contributed by atoms with Crippen molar-refractivity contribution in [2.75, 3.05) is 0 Å². The van der Waals surface area contributed by atoms with E-state index in [1.165, 1.54) is 0 Å². The molecule has 0 amide bonds. The Morgan fingerprint density at radius 1 is 1.06 bits per heavy atom. The summed E-state index contributed by atoms with van der Waals surface area (Å²) in [5.74, 6) is 0. The highest BCUT2D eigenvalue weighted by Crippen LogP contribution is 2.24. The Kier molecular flexibility index (Phi) is 2.15. The molecule has 0 saturated heterocycles. The van der Waals surface area contributed by atoms with Gasteiger partial charge in [-0.1, -0.05) is 23.7 Å². The average molecular weight is 229 g/mol. The summed E-state index contributed by atoms with van der Waals surface area (Å²) in [6.07, 6.45) is 3.74. The average Bonchev–Trinajstić information content (AvgIpc) is 2.75. The molecule has 0 fully saturated rings. The van der Waals surface area contributed by atoms with Gasteiger partial charge in [-0.05, 0) is 29.8 Å². The number of benzene rings is 1. The summed E-state index contributed by atoms with van der Waals surface area (Å²) in [4.78, 5) is 7.42. The van der Waals surface area contributed by atoms with E-state index in [1.807, 2.05) is 42.7 Å². The first-order valence-corrected chi connectivity index (χ1v) is 5.40. The largest absolute Gasteiger partial charge is 0.346 e. The Hall–Kier alpha value is -1.80. The molecule has 3 heteroatoms. The van der Waals surface area contributed by atoms with Crippen LogP contribution < -0.4 is 0 Å². The second kappa shape index (κ2) is 3.65. The van der Waals surface area contributed by atoms with Gasteiger partial charge in [0.2, 0.25) is 0 Å². The van der Waals surface area contributed by atoms with Gasteiger partial charge in [-0.15, -0.1) is 0 Å². The summed E-state index contributed by atoms with van der Waals surface area (Å²) in [5, 5.41) is 1.85. The van der Waals surface area contributed by atoms with Gasteiger partial charge < -0.3 is 4.98 Å². The van der Waals surface area contributed by atoms with E-state index in [0.717, 1.165) is 27.2 Å². The third-order valence-corrected chi connectivity index (χ3v) is 2.79. The number of hydrogen-bond donors (Lipinski definition) is 1. The van der Waals surface area contributed by atoms with E-state index >= 15 is 0 Å². The Labute approximate surface area is 97.9 Å². The lowest BCUT2D eigenvalue weighted by Gasteiger charge is -2.01. The first-order valence-electron chi connectivity index (χ1n) is 5.02. The van der Waals surface area contributed by atoms with E-state index in [4.69, 9.17) is 11.6 Å². The van der Waals surface area contributed by atoms with Gasteiger partial charge in [-0.3, -0.25) is 0 Å². The fourth-order valence-corrected chi connectivity index (χ4v) is 1.96. The van der Waals surface area contributed by atoms with Crippen molar-refractivity contribution in [3.63, 3.8) is 0 Å². The van der Waals surface area contributed by atoms with Gasteiger partial charge in [0, 0.05) is 28.4 Å². The van der Waals surface area contributed by atoms with Crippen molar-refractivity contribution < 1.29 is 0 Å². The van der Waals surface area contributed by atoms with Gasteiger partial charge in [0.05, 0.1) is 0 Å². The van der Waals surface area contributed by atoms with Gasteiger partial charge in [-0.25, -0.2) is 4.98 Å². The van der Waals surface area contributed by atoms with Crippen LogP contribution in [-0.4, -0.2) is 9.97 Å². The van der Waals surface area contributed by atoms with E-state index in [-0.39, 0.29) is 0 Å². The van der Waals surface area contributed by atoms with E-state index < -0.39 is 0 Å². The fraction of sp³-hybridized carbons (Fsp3) is 0. The molecule has 2 aromatic heterocycles. The zero-order valence-corrected chi connectivity index (χ0v) is 9.20. The number of H-pyrrole nitrogens is 1. The molecule has 1 N–H and O–H groups in total. The second-order valence-electron chi connectivity index (χ2n) is 3.65. The molecule has 0 aliphatic heterocycles. The highest BCUT2D eigenvalue weighted by atomic mass is 35.5. The molecule has 0 bridgehead atoms. The van der Waals surface area contributed by atoms with E-state index in [2.05, 4.69) is 16.0 Å². The maximum absolute atomic E-state index is 5.97. The molecule has 78 valence electrons. The number of aromatic amines is 1. The van der Waals surface area contributed by atoms with Crippen molar-refractivity contribution in [2.24, 2.45) is 0 Å². The van der Waals surface area contributed by atoms with Crippen molar-refractivity contribution in [3.05, 3.63) is 53.8 Å². The van der Waals surface area contributed by atoms with Crippen LogP contribution in [0.4, 0.5) is 0 Å². The SMILES string of the molecule is Clc1cccc(-c2cnc3[nH]ccc3c2)c1. The van der Waals surface area contributed by atoms with Crippen molar-refractivity contribution in [3.8, 4) is 11.1 Å². The minimum atomic E-state index is 0.742. The summed E-state index contributed by atoms with van der Waals surface area (Å²) in [5.41, 5.74) is 3.07. The third-order valence-electron chi connectivity index (χ3n) is 2.56. The van der Waals surface area contributed by atoms with Gasteiger partial charge in [0.25, 0.3) is 0 Å². The molecule has 2 heterocycles. The molecular formula is C13H9ClN2. The van der Waals surface area contributed by atoms with Crippen LogP contribution in [0.5, 0.6) is 0 Å². The van der Waals surface area contributed by atoms with Crippen LogP contribution in [0, 0.1) is 0 Å². The van der Waals surface area contributed by atoms with E-state index in [9.17, 15) is 0 Å². The summed E-state index contributed by atoms with van der Waals surface area (Å²) in [6, 6.07) is 11.9. The molecule has 16 heavy (non-hydrogen) atoms. The maximum Gasteiger partial charge on any atom is 0.137 e. The van der Waals surface area contributed by atoms with E-state index in [1.54, 1.807) is 0 Å². The Morgan fingerprint density at radius 2 is 2.00 bits per heavy atom. The number of nitrogens with one attached hydrogen (secondary N) is 1. The van der Waals surface area contributed by atoms with Gasteiger partial charge in [-0.2, -0.15) is 0 Å². The first-order chi connectivity index (χ1) is 7.83. The molecule has 0 unspecified atom stereocenters. The molecule has 0 saturated carbocycles. The lowest BCUT2D eigenvalue weighted by Crippen LogP contribution is -1.81. The number of aromatic nitrogens is 2. The second-order valence-corrected chi connectivity index (χ2v) is 4.09. The standard InChI is InChI=1S/C13H9ClN2/c14-12-3-1-2-9(7-12)11-6-10-4-5-15-13(10)16-8-11/h1-8H,(H,15,16). The van der Waals surface area contributed by atoms with Crippen LogP contribution in [-0.2, 0) is 0 Å². The number of nitrogens with zero attached hydrogens (tertiary/aromatic N) is 1. The third kappa shape index (κ3) is 1.57. The highest BCUT2D eigenvalue weighted by molar-refractivity contribution is 6.30. The zero-order valence-electron chi connectivity index (χ0n) is 8.44. The molecule has 0 aliphatic rings. The smallest absolute Gasteiger partial charge is 0.137 e. The molecule has 3 aromatic rings. The molecular weight excluding hydrogens is 220 g/mol. The number of fused-ring (bicyclic) bond motifs is 1. The lowest BCUT2D eigenvalue weighted by atomic mass is 10.1. The minimum absolute atomic E-state index is 0.742. The van der Waals surface area contributed by atoms with Crippen LogP contribution >= 0.6 is 11.6 Å². The van der Waals surface area contributed by atoms with Crippen molar-refractivity contribution in [1.29, 1.82) is 0 Å². The molecule has 1 aromatic carbocycles. The Morgan fingerprint density at radius 3 is 2.88 bits per heavy atom. The molecule has 3 rings (SSSR count). The van der Waals surface area contributed by atoms with Gasteiger partial charge in [0.1, 0.15) is 5.65 Å². The Balaban J connectivity index is 2.18. The predicted molar refractivity (Wildman–Crippen MR) is 66.5 cm³/mol. The zero-order chi connectivity index (χ0) is 11.0. The Bertz CT molecular complexity index is 643. The summed E-state index contributed by atoms with van der Waals surface area (Å²) in [7, 11) is 0. The summed E-state index contributed by atoms with van der Waals surface area (Å²) in [6.45, 7) is 0. The normalized spacial score (nSPS) is 10.8. The maximum atomic E-state index is 5.97. The predicted octanol–water partition coefficient (Wildman–Crippen LogP) is 3.88.